The Labute approximate surface area is 177 Å². The fraction of sp³-hybridized carbons (Fsp3) is 0.864. The van der Waals surface area contributed by atoms with E-state index < -0.39 is 11.9 Å². The number of carbonyl (C=O) groups excluding carboxylic acids is 2. The van der Waals surface area contributed by atoms with E-state index in [0.717, 1.165) is 12.8 Å². The quantitative estimate of drug-likeness (QED) is 0.119. The predicted molar refractivity (Wildman–Crippen MR) is 121 cm³/mol. The summed E-state index contributed by atoms with van der Waals surface area (Å²) in [6.45, 7) is 2.73. The molecule has 7 heteroatoms. The van der Waals surface area contributed by atoms with Crippen LogP contribution < -0.4 is 22.1 Å². The molecule has 0 aliphatic carbocycles. The van der Waals surface area contributed by atoms with Gasteiger partial charge in [-0.1, -0.05) is 84.0 Å². The highest BCUT2D eigenvalue weighted by Gasteiger charge is 2.17. The standard InChI is InChI=1S/C22H45N5O2/c1-2-3-4-5-6-7-8-9-10-11-12-13-14-17-20(28)27-19(21(23)29)16-15-18-26-22(24)25/h19H,2-18H2,1H3,(H2,23,29)(H,27,28)(H4,24,25,26)/t19-/m0/s1. The lowest BCUT2D eigenvalue weighted by Crippen LogP contribution is -2.44. The Morgan fingerprint density at radius 2 is 1.28 bits per heavy atom. The highest BCUT2D eigenvalue weighted by molar-refractivity contribution is 5.86. The first-order valence-corrected chi connectivity index (χ1v) is 11.6. The minimum atomic E-state index is -0.654. The van der Waals surface area contributed by atoms with E-state index >= 15 is 0 Å². The molecule has 0 aliphatic rings. The molecule has 1 atom stereocenters. The van der Waals surface area contributed by atoms with Gasteiger partial charge in [0.2, 0.25) is 11.8 Å². The topological polar surface area (TPSA) is 134 Å². The summed E-state index contributed by atoms with van der Waals surface area (Å²) in [4.78, 5) is 23.5. The fourth-order valence-electron chi connectivity index (χ4n) is 3.38. The molecule has 0 heterocycles. The second-order valence-corrected chi connectivity index (χ2v) is 8.00. The minimum absolute atomic E-state index is 0.105. The van der Waals surface area contributed by atoms with E-state index in [9.17, 15) is 9.59 Å². The van der Waals surface area contributed by atoms with E-state index in [1.807, 2.05) is 0 Å². The number of hydrogen-bond donors (Lipinski definition) is 5. The van der Waals surface area contributed by atoms with Gasteiger partial charge in [-0.15, -0.1) is 0 Å². The van der Waals surface area contributed by atoms with Gasteiger partial charge in [0.1, 0.15) is 6.04 Å². The van der Waals surface area contributed by atoms with Crippen LogP contribution >= 0.6 is 0 Å². The van der Waals surface area contributed by atoms with Crippen molar-refractivity contribution in [3.05, 3.63) is 0 Å². The normalized spacial score (nSPS) is 11.8. The van der Waals surface area contributed by atoms with Gasteiger partial charge in [0.05, 0.1) is 0 Å². The van der Waals surface area contributed by atoms with Crippen molar-refractivity contribution in [1.82, 2.24) is 10.6 Å². The third kappa shape index (κ3) is 19.3. The van der Waals surface area contributed by atoms with Crippen LogP contribution in [0.4, 0.5) is 0 Å². The van der Waals surface area contributed by atoms with Crippen molar-refractivity contribution in [2.24, 2.45) is 11.5 Å². The molecule has 0 unspecified atom stereocenters. The summed E-state index contributed by atoms with van der Waals surface area (Å²) < 4.78 is 0. The van der Waals surface area contributed by atoms with Gasteiger partial charge in [-0.05, 0) is 19.3 Å². The van der Waals surface area contributed by atoms with E-state index in [1.54, 1.807) is 0 Å². The number of nitrogens with one attached hydrogen (secondary N) is 3. The summed E-state index contributed by atoms with van der Waals surface area (Å²) in [5, 5.41) is 12.5. The van der Waals surface area contributed by atoms with Crippen LogP contribution in [0.15, 0.2) is 0 Å². The van der Waals surface area contributed by atoms with Crippen LogP contribution in [-0.2, 0) is 9.59 Å². The molecular formula is C22H45N5O2. The van der Waals surface area contributed by atoms with E-state index in [0.29, 0.717) is 25.8 Å². The molecule has 0 aromatic carbocycles. The molecule has 7 N–H and O–H groups in total. The number of unbranched alkanes of at least 4 members (excludes halogenated alkanes) is 12. The van der Waals surface area contributed by atoms with E-state index in [-0.39, 0.29) is 11.9 Å². The van der Waals surface area contributed by atoms with Crippen molar-refractivity contribution in [2.45, 2.75) is 116 Å². The van der Waals surface area contributed by atoms with Gasteiger partial charge < -0.3 is 22.1 Å². The van der Waals surface area contributed by atoms with Gasteiger partial charge in [-0.2, -0.15) is 0 Å². The lowest BCUT2D eigenvalue weighted by atomic mass is 10.0. The monoisotopic (exact) mass is 411 g/mol. The Morgan fingerprint density at radius 1 is 0.793 bits per heavy atom. The maximum absolute atomic E-state index is 12.0. The highest BCUT2D eigenvalue weighted by Crippen LogP contribution is 2.13. The van der Waals surface area contributed by atoms with E-state index in [1.165, 1.54) is 70.6 Å². The maximum atomic E-state index is 12.0. The molecule has 170 valence electrons. The number of guanidine groups is 1. The summed E-state index contributed by atoms with van der Waals surface area (Å²) in [7, 11) is 0. The summed E-state index contributed by atoms with van der Waals surface area (Å²) in [5.74, 6) is -0.741. The summed E-state index contributed by atoms with van der Waals surface area (Å²) in [5.41, 5.74) is 10.6. The Bertz CT molecular complexity index is 443. The van der Waals surface area contributed by atoms with Crippen LogP contribution in [0.5, 0.6) is 0 Å². The first kappa shape index (κ1) is 27.2. The molecule has 2 amide bonds. The Kier molecular flexibility index (Phi) is 18.3. The van der Waals surface area contributed by atoms with Crippen molar-refractivity contribution < 1.29 is 9.59 Å². The molecule has 0 bridgehead atoms. The number of amides is 2. The average molecular weight is 412 g/mol. The van der Waals surface area contributed by atoms with Crippen LogP contribution in [0.3, 0.4) is 0 Å². The predicted octanol–water partition coefficient (Wildman–Crippen LogP) is 3.70. The van der Waals surface area contributed by atoms with Crippen LogP contribution in [0.1, 0.15) is 110 Å². The SMILES string of the molecule is CCCCCCCCCCCCCCCC(=O)N[C@@H](CCCNC(=N)N)C(N)=O. The number of carbonyl (C=O) groups is 2. The second kappa shape index (κ2) is 19.5. The maximum Gasteiger partial charge on any atom is 0.240 e. The summed E-state index contributed by atoms with van der Waals surface area (Å²) in [6.07, 6.45) is 18.0. The largest absolute Gasteiger partial charge is 0.370 e. The smallest absolute Gasteiger partial charge is 0.240 e. The zero-order valence-electron chi connectivity index (χ0n) is 18.6. The van der Waals surface area contributed by atoms with Crippen molar-refractivity contribution >= 4 is 17.8 Å². The summed E-state index contributed by atoms with van der Waals surface area (Å²) >= 11 is 0. The molecule has 29 heavy (non-hydrogen) atoms. The van der Waals surface area contributed by atoms with Crippen molar-refractivity contribution in [2.75, 3.05) is 6.54 Å². The highest BCUT2D eigenvalue weighted by atomic mass is 16.2. The lowest BCUT2D eigenvalue weighted by Gasteiger charge is -2.15. The molecule has 0 rings (SSSR count). The van der Waals surface area contributed by atoms with Gasteiger partial charge in [-0.3, -0.25) is 15.0 Å². The molecule has 0 saturated carbocycles. The minimum Gasteiger partial charge on any atom is -0.370 e. The molecule has 0 aromatic heterocycles. The van der Waals surface area contributed by atoms with Crippen LogP contribution in [0.25, 0.3) is 0 Å². The first-order valence-electron chi connectivity index (χ1n) is 11.6. The fourth-order valence-corrected chi connectivity index (χ4v) is 3.38. The van der Waals surface area contributed by atoms with Gasteiger partial charge in [-0.25, -0.2) is 0 Å². The van der Waals surface area contributed by atoms with E-state index in [2.05, 4.69) is 17.6 Å². The van der Waals surface area contributed by atoms with Crippen LogP contribution in [-0.4, -0.2) is 30.4 Å². The molecule has 0 radical (unpaired) electrons. The van der Waals surface area contributed by atoms with Gasteiger partial charge in [0.15, 0.2) is 5.96 Å². The molecule has 0 aliphatic heterocycles. The van der Waals surface area contributed by atoms with Gasteiger partial charge in [0, 0.05) is 13.0 Å². The Morgan fingerprint density at radius 3 is 1.72 bits per heavy atom. The third-order valence-corrected chi connectivity index (χ3v) is 5.17. The molecule has 0 aromatic rings. The number of rotatable bonds is 20. The van der Waals surface area contributed by atoms with Crippen LogP contribution in [0, 0.1) is 5.41 Å². The third-order valence-electron chi connectivity index (χ3n) is 5.17. The number of hydrogen-bond acceptors (Lipinski definition) is 3. The summed E-state index contributed by atoms with van der Waals surface area (Å²) in [6, 6.07) is -0.654. The Hall–Kier alpha value is -1.79. The van der Waals surface area contributed by atoms with Crippen LogP contribution in [0.2, 0.25) is 0 Å². The zero-order chi connectivity index (χ0) is 21.7. The Balaban J connectivity index is 3.57. The first-order chi connectivity index (χ1) is 14.0. The molecule has 0 fully saturated rings. The van der Waals surface area contributed by atoms with Crippen molar-refractivity contribution in [3.8, 4) is 0 Å². The number of nitrogens with two attached hydrogens (primary N) is 2. The zero-order valence-corrected chi connectivity index (χ0v) is 18.6. The van der Waals surface area contributed by atoms with Crippen molar-refractivity contribution in [1.29, 1.82) is 5.41 Å². The second-order valence-electron chi connectivity index (χ2n) is 8.00. The lowest BCUT2D eigenvalue weighted by molar-refractivity contribution is -0.127. The van der Waals surface area contributed by atoms with Gasteiger partial charge in [0.25, 0.3) is 0 Å². The average Bonchev–Trinajstić information content (AvgIpc) is 2.67. The molecule has 7 nitrogen and oxygen atoms in total. The molecular weight excluding hydrogens is 366 g/mol. The molecule has 0 saturated heterocycles. The molecule has 0 spiro atoms. The van der Waals surface area contributed by atoms with E-state index in [4.69, 9.17) is 16.9 Å². The van der Waals surface area contributed by atoms with Gasteiger partial charge >= 0.3 is 0 Å². The number of primary amides is 1. The van der Waals surface area contributed by atoms with Crippen molar-refractivity contribution in [3.63, 3.8) is 0 Å².